The minimum atomic E-state index is -0.622. The van der Waals surface area contributed by atoms with Gasteiger partial charge in [-0.1, -0.05) is 0 Å². The zero-order chi connectivity index (χ0) is 26.1. The second kappa shape index (κ2) is 9.97. The summed E-state index contributed by atoms with van der Waals surface area (Å²) in [7, 11) is 4.94. The molecule has 0 bridgehead atoms. The lowest BCUT2D eigenvalue weighted by Crippen LogP contribution is -2.41. The predicted molar refractivity (Wildman–Crippen MR) is 140 cm³/mol. The van der Waals surface area contributed by atoms with Gasteiger partial charge in [0.1, 0.15) is 17.0 Å². The van der Waals surface area contributed by atoms with Gasteiger partial charge in [-0.25, -0.2) is 24.7 Å². The lowest BCUT2D eigenvalue weighted by Gasteiger charge is -2.33. The standard InChI is InChI=1S/C25H29N9O3/c1-14-8-16(9-28-24(14)34-6-7-37-15(2)12-34)30-23-21(25(35)36-5)31-20(22(26-3)32-23)17-10-27-11-18-19(17)29-13-33(18)4/h8-11,13,15H,6-7,12H2,1-5H3,(H2,26,30,32)/t15-/m0/s1. The van der Waals surface area contributed by atoms with Crippen LogP contribution in [-0.4, -0.2) is 75.4 Å². The Balaban J connectivity index is 1.54. The smallest absolute Gasteiger partial charge is 0.360 e. The number of pyridine rings is 2. The topological polar surface area (TPSA) is 132 Å². The third-order valence-electron chi connectivity index (χ3n) is 6.26. The molecule has 5 rings (SSSR count). The van der Waals surface area contributed by atoms with Gasteiger partial charge in [0.2, 0.25) is 0 Å². The van der Waals surface area contributed by atoms with Crippen molar-refractivity contribution in [3.05, 3.63) is 42.2 Å². The molecule has 37 heavy (non-hydrogen) atoms. The lowest BCUT2D eigenvalue weighted by molar-refractivity contribution is 0.0529. The summed E-state index contributed by atoms with van der Waals surface area (Å²) in [5.41, 5.74) is 4.32. The first-order valence-electron chi connectivity index (χ1n) is 11.9. The zero-order valence-corrected chi connectivity index (χ0v) is 21.4. The van der Waals surface area contributed by atoms with Gasteiger partial charge in [-0.15, -0.1) is 0 Å². The Bertz CT molecular complexity index is 1470. The van der Waals surface area contributed by atoms with Crippen molar-refractivity contribution in [2.75, 3.05) is 49.4 Å². The van der Waals surface area contributed by atoms with Crippen LogP contribution < -0.4 is 15.5 Å². The van der Waals surface area contributed by atoms with Crippen molar-refractivity contribution in [2.45, 2.75) is 20.0 Å². The number of imidazole rings is 1. The van der Waals surface area contributed by atoms with Crippen LogP contribution in [0.1, 0.15) is 23.0 Å². The maximum atomic E-state index is 12.8. The second-order valence-electron chi connectivity index (χ2n) is 8.89. The van der Waals surface area contributed by atoms with E-state index in [4.69, 9.17) is 14.5 Å². The summed E-state index contributed by atoms with van der Waals surface area (Å²) in [6, 6.07) is 1.97. The number of aromatic nitrogens is 6. The number of methoxy groups -OCH3 is 1. The van der Waals surface area contributed by atoms with Crippen LogP contribution in [0.5, 0.6) is 0 Å². The Labute approximate surface area is 214 Å². The SMILES string of the molecule is CNc1nc(Nc2cnc(N3CCO[C@@H](C)C3)c(C)c2)c(C(=O)OC)nc1-c1cncc2c1ncn2C. The van der Waals surface area contributed by atoms with E-state index < -0.39 is 5.97 Å². The molecule has 4 aromatic rings. The molecule has 0 saturated carbocycles. The van der Waals surface area contributed by atoms with Crippen LogP contribution in [0.4, 0.5) is 23.1 Å². The van der Waals surface area contributed by atoms with Gasteiger partial charge in [0.25, 0.3) is 0 Å². The number of rotatable bonds is 6. The first-order chi connectivity index (χ1) is 17.9. The van der Waals surface area contributed by atoms with Gasteiger partial charge in [0.05, 0.1) is 55.3 Å². The maximum Gasteiger partial charge on any atom is 0.360 e. The van der Waals surface area contributed by atoms with E-state index in [1.54, 1.807) is 32.0 Å². The monoisotopic (exact) mass is 503 g/mol. The average Bonchev–Trinajstić information content (AvgIpc) is 3.29. The third kappa shape index (κ3) is 4.62. The average molecular weight is 504 g/mol. The summed E-state index contributed by atoms with van der Waals surface area (Å²) in [5.74, 6) is 0.986. The van der Waals surface area contributed by atoms with Crippen LogP contribution in [0.15, 0.2) is 31.0 Å². The van der Waals surface area contributed by atoms with Gasteiger partial charge in [0, 0.05) is 33.4 Å². The van der Waals surface area contributed by atoms with Crippen molar-refractivity contribution in [3.8, 4) is 11.3 Å². The Kier molecular flexibility index (Phi) is 6.57. The van der Waals surface area contributed by atoms with E-state index in [1.807, 2.05) is 24.6 Å². The molecule has 12 nitrogen and oxygen atoms in total. The molecule has 1 fully saturated rings. The van der Waals surface area contributed by atoms with Crippen LogP contribution in [0.3, 0.4) is 0 Å². The Hall–Kier alpha value is -4.32. The molecule has 0 aromatic carbocycles. The number of anilines is 4. The molecule has 4 aromatic heterocycles. The number of esters is 1. The van der Waals surface area contributed by atoms with E-state index in [2.05, 4.69) is 42.4 Å². The number of carbonyl (C=O) groups is 1. The molecule has 1 aliphatic rings. The first kappa shape index (κ1) is 24.4. The number of nitrogens with one attached hydrogen (secondary N) is 2. The van der Waals surface area contributed by atoms with Crippen molar-refractivity contribution < 1.29 is 14.3 Å². The fraction of sp³-hybridized carbons (Fsp3) is 0.360. The highest BCUT2D eigenvalue weighted by molar-refractivity contribution is 5.98. The third-order valence-corrected chi connectivity index (χ3v) is 6.26. The number of hydrogen-bond donors (Lipinski definition) is 2. The van der Waals surface area contributed by atoms with E-state index in [9.17, 15) is 4.79 Å². The molecule has 0 unspecified atom stereocenters. The zero-order valence-electron chi connectivity index (χ0n) is 21.4. The van der Waals surface area contributed by atoms with Gasteiger partial charge in [-0.05, 0) is 25.5 Å². The molecule has 5 heterocycles. The summed E-state index contributed by atoms with van der Waals surface area (Å²) in [4.78, 5) is 37.9. The number of carbonyl (C=O) groups excluding carboxylic acids is 1. The van der Waals surface area contributed by atoms with Gasteiger partial charge >= 0.3 is 5.97 Å². The molecule has 0 amide bonds. The molecule has 0 radical (unpaired) electrons. The van der Waals surface area contributed by atoms with Crippen molar-refractivity contribution in [3.63, 3.8) is 0 Å². The van der Waals surface area contributed by atoms with Crippen LogP contribution >= 0.6 is 0 Å². The molecule has 12 heteroatoms. The molecule has 0 aliphatic carbocycles. The summed E-state index contributed by atoms with van der Waals surface area (Å²) in [6.07, 6.45) is 6.96. The van der Waals surface area contributed by atoms with E-state index in [0.717, 1.165) is 30.0 Å². The Morgan fingerprint density at radius 1 is 1.19 bits per heavy atom. The molecule has 1 aliphatic heterocycles. The van der Waals surface area contributed by atoms with E-state index in [-0.39, 0.29) is 17.6 Å². The van der Waals surface area contributed by atoms with Crippen molar-refractivity contribution >= 4 is 40.1 Å². The lowest BCUT2D eigenvalue weighted by atomic mass is 10.1. The molecule has 2 N–H and O–H groups in total. The molecule has 192 valence electrons. The Morgan fingerprint density at radius 3 is 2.76 bits per heavy atom. The van der Waals surface area contributed by atoms with Gasteiger partial charge < -0.3 is 29.6 Å². The Morgan fingerprint density at radius 2 is 2.03 bits per heavy atom. The minimum absolute atomic E-state index is 0.0353. The summed E-state index contributed by atoms with van der Waals surface area (Å²) in [6.45, 7) is 6.29. The van der Waals surface area contributed by atoms with E-state index in [1.165, 1.54) is 7.11 Å². The fourth-order valence-electron chi connectivity index (χ4n) is 4.45. The summed E-state index contributed by atoms with van der Waals surface area (Å²) < 4.78 is 12.5. The summed E-state index contributed by atoms with van der Waals surface area (Å²) >= 11 is 0. The fourth-order valence-corrected chi connectivity index (χ4v) is 4.45. The maximum absolute atomic E-state index is 12.8. The van der Waals surface area contributed by atoms with Crippen LogP contribution in [0, 0.1) is 6.92 Å². The second-order valence-corrected chi connectivity index (χ2v) is 8.89. The van der Waals surface area contributed by atoms with Crippen LogP contribution in [0.25, 0.3) is 22.3 Å². The molecular formula is C25H29N9O3. The molecule has 0 spiro atoms. The first-order valence-corrected chi connectivity index (χ1v) is 11.9. The molecular weight excluding hydrogens is 474 g/mol. The van der Waals surface area contributed by atoms with Crippen LogP contribution in [0.2, 0.25) is 0 Å². The number of fused-ring (bicyclic) bond motifs is 1. The highest BCUT2D eigenvalue weighted by Gasteiger charge is 2.24. The number of nitrogens with zero attached hydrogens (tertiary/aromatic N) is 7. The van der Waals surface area contributed by atoms with Crippen molar-refractivity contribution in [2.24, 2.45) is 7.05 Å². The van der Waals surface area contributed by atoms with E-state index >= 15 is 0 Å². The molecule has 1 atom stereocenters. The van der Waals surface area contributed by atoms with Gasteiger partial charge in [0.15, 0.2) is 17.3 Å². The number of hydrogen-bond acceptors (Lipinski definition) is 11. The highest BCUT2D eigenvalue weighted by Crippen LogP contribution is 2.33. The van der Waals surface area contributed by atoms with Gasteiger partial charge in [-0.2, -0.15) is 0 Å². The minimum Gasteiger partial charge on any atom is -0.464 e. The number of ether oxygens (including phenoxy) is 2. The van der Waals surface area contributed by atoms with Crippen LogP contribution in [-0.2, 0) is 16.5 Å². The number of aryl methyl sites for hydroxylation is 2. The largest absolute Gasteiger partial charge is 0.464 e. The highest BCUT2D eigenvalue weighted by atomic mass is 16.5. The van der Waals surface area contributed by atoms with Crippen molar-refractivity contribution in [1.82, 2.24) is 29.5 Å². The summed E-state index contributed by atoms with van der Waals surface area (Å²) in [5, 5.41) is 6.29. The van der Waals surface area contributed by atoms with Gasteiger partial charge in [-0.3, -0.25) is 4.98 Å². The quantitative estimate of drug-likeness (QED) is 0.376. The number of morpholine rings is 1. The predicted octanol–water partition coefficient (Wildman–Crippen LogP) is 2.93. The molecule has 1 saturated heterocycles. The van der Waals surface area contributed by atoms with E-state index in [0.29, 0.717) is 34.9 Å². The normalized spacial score (nSPS) is 15.6. The van der Waals surface area contributed by atoms with Crippen molar-refractivity contribution in [1.29, 1.82) is 0 Å².